The summed E-state index contributed by atoms with van der Waals surface area (Å²) in [4.78, 5) is 42.2. The molecule has 29 heavy (non-hydrogen) atoms. The van der Waals surface area contributed by atoms with Crippen LogP contribution >= 0.6 is 0 Å². The largest absolute Gasteiger partial charge is 0.465 e. The molecule has 2 aromatic rings. The molecule has 0 unspecified atom stereocenters. The van der Waals surface area contributed by atoms with Crippen LogP contribution in [-0.2, 0) is 30.2 Å². The number of fused-ring (bicyclic) bond motifs is 4. The van der Waals surface area contributed by atoms with Gasteiger partial charge in [0.2, 0.25) is 0 Å². The van der Waals surface area contributed by atoms with Gasteiger partial charge in [-0.1, -0.05) is 30.3 Å². The SMILES string of the molecule is CCOC(=O)CN1[C@@H]2CC[C@H]1c1c(n(C)c(=O)n(C)c1=O)N2Cc1ccccc1. The Labute approximate surface area is 168 Å². The van der Waals surface area contributed by atoms with Crippen molar-refractivity contribution in [3.8, 4) is 0 Å². The third-order valence-electron chi connectivity index (χ3n) is 5.93. The van der Waals surface area contributed by atoms with Crippen LogP contribution in [0.1, 0.15) is 36.9 Å². The summed E-state index contributed by atoms with van der Waals surface area (Å²) in [5.74, 6) is 0.365. The second-order valence-corrected chi connectivity index (χ2v) is 7.61. The van der Waals surface area contributed by atoms with Gasteiger partial charge < -0.3 is 9.64 Å². The predicted octanol–water partition coefficient (Wildman–Crippen LogP) is 1.13. The van der Waals surface area contributed by atoms with Crippen LogP contribution in [0.4, 0.5) is 5.82 Å². The summed E-state index contributed by atoms with van der Waals surface area (Å²) in [6, 6.07) is 9.74. The minimum Gasteiger partial charge on any atom is -0.465 e. The van der Waals surface area contributed by atoms with Crippen molar-refractivity contribution in [1.29, 1.82) is 0 Å². The van der Waals surface area contributed by atoms with Crippen LogP contribution in [0.25, 0.3) is 0 Å². The normalized spacial score (nSPS) is 20.6. The number of nitrogens with zero attached hydrogens (tertiary/aromatic N) is 4. The average molecular weight is 398 g/mol. The van der Waals surface area contributed by atoms with E-state index in [2.05, 4.69) is 9.80 Å². The molecule has 0 saturated carbocycles. The van der Waals surface area contributed by atoms with Gasteiger partial charge in [0.15, 0.2) is 0 Å². The van der Waals surface area contributed by atoms with Crippen LogP contribution in [0.5, 0.6) is 0 Å². The van der Waals surface area contributed by atoms with Crippen LogP contribution in [0, 0.1) is 0 Å². The number of benzene rings is 1. The van der Waals surface area contributed by atoms with Gasteiger partial charge in [-0.25, -0.2) is 4.79 Å². The zero-order valence-electron chi connectivity index (χ0n) is 17.0. The van der Waals surface area contributed by atoms with Crippen LogP contribution in [0.2, 0.25) is 0 Å². The average Bonchev–Trinajstić information content (AvgIpc) is 3.02. The Hall–Kier alpha value is -2.87. The number of ether oxygens (including phenoxy) is 1. The summed E-state index contributed by atoms with van der Waals surface area (Å²) in [6.45, 7) is 2.78. The maximum Gasteiger partial charge on any atom is 0.332 e. The number of carbonyl (C=O) groups is 1. The van der Waals surface area contributed by atoms with Gasteiger partial charge in [-0.05, 0) is 25.3 Å². The Morgan fingerprint density at radius 2 is 1.83 bits per heavy atom. The lowest BCUT2D eigenvalue weighted by Crippen LogP contribution is -2.55. The maximum absolute atomic E-state index is 13.1. The Morgan fingerprint density at radius 1 is 1.10 bits per heavy atom. The van der Waals surface area contributed by atoms with E-state index < -0.39 is 0 Å². The summed E-state index contributed by atoms with van der Waals surface area (Å²) in [7, 11) is 3.21. The molecule has 0 radical (unpaired) electrons. The van der Waals surface area contributed by atoms with Crippen LogP contribution in [-0.4, -0.2) is 39.3 Å². The first kappa shape index (κ1) is 19.4. The van der Waals surface area contributed by atoms with Crippen LogP contribution in [0.15, 0.2) is 39.9 Å². The van der Waals surface area contributed by atoms with Gasteiger partial charge in [-0.3, -0.25) is 23.6 Å². The van der Waals surface area contributed by atoms with Crippen molar-refractivity contribution in [2.45, 2.75) is 38.5 Å². The molecule has 2 bridgehead atoms. The lowest BCUT2D eigenvalue weighted by Gasteiger charge is -2.44. The second-order valence-electron chi connectivity index (χ2n) is 7.61. The van der Waals surface area contributed by atoms with Crippen molar-refractivity contribution in [3.05, 3.63) is 62.3 Å². The van der Waals surface area contributed by atoms with Crippen molar-refractivity contribution in [1.82, 2.24) is 14.0 Å². The summed E-state index contributed by atoms with van der Waals surface area (Å²) in [5.41, 5.74) is 1.03. The number of hydrogen-bond acceptors (Lipinski definition) is 6. The molecule has 0 spiro atoms. The van der Waals surface area contributed by atoms with E-state index in [1.54, 1.807) is 18.5 Å². The molecule has 8 heteroatoms. The van der Waals surface area contributed by atoms with Gasteiger partial charge in [0.1, 0.15) is 5.82 Å². The standard InChI is InChI=1S/C21H26N4O4/c1-4-29-17(26)13-24-15-10-11-16(24)25(12-14-8-6-5-7-9-14)19-18(15)20(27)23(3)21(28)22(19)2/h5-9,15-16H,4,10-13H2,1-3H3/t15-,16-/m0/s1. The first-order valence-corrected chi connectivity index (χ1v) is 9.95. The number of esters is 1. The highest BCUT2D eigenvalue weighted by molar-refractivity contribution is 5.72. The zero-order chi connectivity index (χ0) is 20.7. The van der Waals surface area contributed by atoms with Gasteiger partial charge in [0, 0.05) is 26.7 Å². The van der Waals surface area contributed by atoms with Crippen molar-refractivity contribution in [3.63, 3.8) is 0 Å². The van der Waals surface area contributed by atoms with E-state index in [0.717, 1.165) is 23.0 Å². The van der Waals surface area contributed by atoms with Crippen LogP contribution < -0.4 is 16.1 Å². The molecule has 1 saturated heterocycles. The fraction of sp³-hybridized carbons (Fsp3) is 0.476. The lowest BCUT2D eigenvalue weighted by atomic mass is 10.0. The Bertz CT molecular complexity index is 1040. The van der Waals surface area contributed by atoms with E-state index in [-0.39, 0.29) is 36.0 Å². The summed E-state index contributed by atoms with van der Waals surface area (Å²) in [6.07, 6.45) is 1.49. The van der Waals surface area contributed by atoms with E-state index in [1.165, 1.54) is 7.05 Å². The first-order chi connectivity index (χ1) is 13.9. The third kappa shape index (κ3) is 3.17. The summed E-state index contributed by atoms with van der Waals surface area (Å²) in [5, 5.41) is 0. The molecule has 4 rings (SSSR count). The molecule has 1 fully saturated rings. The molecule has 2 aliphatic rings. The monoisotopic (exact) mass is 398 g/mol. The molecule has 8 nitrogen and oxygen atoms in total. The third-order valence-corrected chi connectivity index (χ3v) is 5.93. The zero-order valence-corrected chi connectivity index (χ0v) is 17.0. The van der Waals surface area contributed by atoms with Crippen molar-refractivity contribution >= 4 is 11.8 Å². The fourth-order valence-corrected chi connectivity index (χ4v) is 4.66. The van der Waals surface area contributed by atoms with Crippen molar-refractivity contribution < 1.29 is 9.53 Å². The summed E-state index contributed by atoms with van der Waals surface area (Å²) < 4.78 is 7.89. The minimum absolute atomic E-state index is 0.0742. The van der Waals surface area contributed by atoms with Crippen LogP contribution in [0.3, 0.4) is 0 Å². The van der Waals surface area contributed by atoms with E-state index in [4.69, 9.17) is 4.74 Å². The van der Waals surface area contributed by atoms with E-state index in [1.807, 2.05) is 30.3 Å². The minimum atomic E-state index is -0.343. The highest BCUT2D eigenvalue weighted by atomic mass is 16.5. The van der Waals surface area contributed by atoms with Gasteiger partial charge in [0.25, 0.3) is 5.56 Å². The molecule has 0 N–H and O–H groups in total. The number of aromatic nitrogens is 2. The molecule has 2 aliphatic heterocycles. The Morgan fingerprint density at radius 3 is 2.52 bits per heavy atom. The maximum atomic E-state index is 13.1. The number of anilines is 1. The number of hydrogen-bond donors (Lipinski definition) is 0. The molecule has 0 aliphatic carbocycles. The highest BCUT2D eigenvalue weighted by Crippen LogP contribution is 2.45. The van der Waals surface area contributed by atoms with Gasteiger partial charge >= 0.3 is 11.7 Å². The highest BCUT2D eigenvalue weighted by Gasteiger charge is 2.47. The molecule has 3 heterocycles. The Kier molecular flexibility index (Phi) is 5.04. The quantitative estimate of drug-likeness (QED) is 0.703. The van der Waals surface area contributed by atoms with Gasteiger partial charge in [-0.2, -0.15) is 0 Å². The van der Waals surface area contributed by atoms with E-state index in [9.17, 15) is 14.4 Å². The fourth-order valence-electron chi connectivity index (χ4n) is 4.66. The van der Waals surface area contributed by atoms with Crippen molar-refractivity contribution in [2.24, 2.45) is 14.1 Å². The molecule has 1 aromatic heterocycles. The van der Waals surface area contributed by atoms with Crippen molar-refractivity contribution in [2.75, 3.05) is 18.1 Å². The molecule has 154 valence electrons. The molecule has 2 atom stereocenters. The Balaban J connectivity index is 1.85. The molecular weight excluding hydrogens is 372 g/mol. The van der Waals surface area contributed by atoms with E-state index >= 15 is 0 Å². The van der Waals surface area contributed by atoms with Gasteiger partial charge in [0.05, 0.1) is 24.9 Å². The summed E-state index contributed by atoms with van der Waals surface area (Å²) >= 11 is 0. The predicted molar refractivity (Wildman–Crippen MR) is 109 cm³/mol. The lowest BCUT2D eigenvalue weighted by molar-refractivity contribution is -0.145. The smallest absolute Gasteiger partial charge is 0.332 e. The first-order valence-electron chi connectivity index (χ1n) is 9.95. The topological polar surface area (TPSA) is 76.8 Å². The number of rotatable bonds is 5. The van der Waals surface area contributed by atoms with Gasteiger partial charge in [-0.15, -0.1) is 0 Å². The van der Waals surface area contributed by atoms with E-state index in [0.29, 0.717) is 24.5 Å². The second kappa shape index (κ2) is 7.51. The molecular formula is C21H26N4O4. The number of carbonyl (C=O) groups excluding carboxylic acids is 1. The molecule has 1 aromatic carbocycles. The molecule has 0 amide bonds.